The summed E-state index contributed by atoms with van der Waals surface area (Å²) >= 11 is 0. The van der Waals surface area contributed by atoms with Crippen LogP contribution in [0.25, 0.3) is 0 Å². The highest BCUT2D eigenvalue weighted by Gasteiger charge is 1.97. The third-order valence-electron chi connectivity index (χ3n) is 4.08. The molecule has 0 aromatic carbocycles. The number of nitrogens with zero attached hydrogens (tertiary/aromatic N) is 1. The first-order chi connectivity index (χ1) is 10.8. The fourth-order valence-corrected chi connectivity index (χ4v) is 2.74. The first kappa shape index (κ1) is 18.7. The zero-order valence-electron chi connectivity index (χ0n) is 13.8. The predicted octanol–water partition coefficient (Wildman–Crippen LogP) is 5.39. The minimum Gasteiger partial charge on any atom is -0.481 e. The van der Waals surface area contributed by atoms with E-state index in [1.807, 2.05) is 18.5 Å². The lowest BCUT2D eigenvalue weighted by atomic mass is 10.0. The Morgan fingerprint density at radius 1 is 0.864 bits per heavy atom. The molecule has 1 N–H and O–H groups in total. The van der Waals surface area contributed by atoms with Gasteiger partial charge in [0.25, 0.3) is 0 Å². The maximum atomic E-state index is 10.4. The van der Waals surface area contributed by atoms with E-state index in [4.69, 9.17) is 5.11 Å². The second kappa shape index (κ2) is 13.3. The summed E-state index contributed by atoms with van der Waals surface area (Å²) in [5.41, 5.74) is 1.35. The van der Waals surface area contributed by atoms with Crippen LogP contribution in [0.5, 0.6) is 0 Å². The highest BCUT2D eigenvalue weighted by atomic mass is 16.4. The van der Waals surface area contributed by atoms with E-state index in [0.29, 0.717) is 6.42 Å². The quantitative estimate of drug-likeness (QED) is 0.469. The third-order valence-corrected chi connectivity index (χ3v) is 4.08. The van der Waals surface area contributed by atoms with E-state index in [1.165, 1.54) is 63.4 Å². The summed E-state index contributed by atoms with van der Waals surface area (Å²) in [4.78, 5) is 14.5. The van der Waals surface area contributed by atoms with Crippen molar-refractivity contribution >= 4 is 5.97 Å². The number of rotatable bonds is 14. The average Bonchev–Trinajstić information content (AvgIpc) is 2.52. The molecule has 1 aromatic rings. The number of carboxylic acid groups (broad SMARTS) is 1. The second-order valence-corrected chi connectivity index (χ2v) is 6.14. The molecule has 3 nitrogen and oxygen atoms in total. The van der Waals surface area contributed by atoms with Gasteiger partial charge in [0.05, 0.1) is 0 Å². The van der Waals surface area contributed by atoms with Crippen molar-refractivity contribution < 1.29 is 9.90 Å². The number of carbonyl (C=O) groups is 1. The molecule has 1 aromatic heterocycles. The summed E-state index contributed by atoms with van der Waals surface area (Å²) < 4.78 is 0. The fourth-order valence-electron chi connectivity index (χ4n) is 2.74. The molecule has 0 radical (unpaired) electrons. The van der Waals surface area contributed by atoms with Crippen LogP contribution in [0.15, 0.2) is 24.5 Å². The number of aryl methyl sites for hydroxylation is 1. The summed E-state index contributed by atoms with van der Waals surface area (Å²) in [6, 6.07) is 4.17. The van der Waals surface area contributed by atoms with Gasteiger partial charge in [-0.1, -0.05) is 63.9 Å². The first-order valence-electron chi connectivity index (χ1n) is 8.90. The van der Waals surface area contributed by atoms with Crippen molar-refractivity contribution in [1.29, 1.82) is 0 Å². The minimum atomic E-state index is -0.663. The van der Waals surface area contributed by atoms with Gasteiger partial charge in [0.15, 0.2) is 0 Å². The zero-order valence-corrected chi connectivity index (χ0v) is 13.8. The third kappa shape index (κ3) is 11.3. The zero-order chi connectivity index (χ0) is 15.9. The number of carboxylic acids is 1. The molecule has 0 saturated heterocycles. The molecule has 0 saturated carbocycles. The molecule has 1 heterocycles. The summed E-state index contributed by atoms with van der Waals surface area (Å²) in [6.45, 7) is 0. The number of hydrogen-bond donors (Lipinski definition) is 1. The SMILES string of the molecule is O=C(O)CCCCCCCCCCCCCc1cccnc1. The maximum absolute atomic E-state index is 10.4. The van der Waals surface area contributed by atoms with Crippen molar-refractivity contribution in [1.82, 2.24) is 4.98 Å². The Kier molecular flexibility index (Phi) is 11.3. The molecule has 1 rings (SSSR count). The lowest BCUT2D eigenvalue weighted by Crippen LogP contribution is -1.93. The maximum Gasteiger partial charge on any atom is 0.303 e. The van der Waals surface area contributed by atoms with Crippen molar-refractivity contribution in [2.45, 2.75) is 83.5 Å². The van der Waals surface area contributed by atoms with Gasteiger partial charge in [-0.15, -0.1) is 0 Å². The van der Waals surface area contributed by atoms with E-state index in [9.17, 15) is 4.79 Å². The van der Waals surface area contributed by atoms with Crippen LogP contribution in [0.3, 0.4) is 0 Å². The van der Waals surface area contributed by atoms with Gasteiger partial charge in [-0.2, -0.15) is 0 Å². The Labute approximate surface area is 135 Å². The molecule has 3 heteroatoms. The van der Waals surface area contributed by atoms with Crippen LogP contribution >= 0.6 is 0 Å². The van der Waals surface area contributed by atoms with Gasteiger partial charge < -0.3 is 5.11 Å². The monoisotopic (exact) mass is 305 g/mol. The molecular weight excluding hydrogens is 274 g/mol. The van der Waals surface area contributed by atoms with E-state index in [-0.39, 0.29) is 0 Å². The van der Waals surface area contributed by atoms with Crippen molar-refractivity contribution in [3.8, 4) is 0 Å². The van der Waals surface area contributed by atoms with Gasteiger partial charge >= 0.3 is 5.97 Å². The molecule has 22 heavy (non-hydrogen) atoms. The molecule has 0 aliphatic heterocycles. The smallest absolute Gasteiger partial charge is 0.303 e. The molecule has 0 unspecified atom stereocenters. The molecule has 0 bridgehead atoms. The Morgan fingerprint density at radius 3 is 1.91 bits per heavy atom. The Hall–Kier alpha value is -1.38. The van der Waals surface area contributed by atoms with Crippen molar-refractivity contribution in [2.75, 3.05) is 0 Å². The van der Waals surface area contributed by atoms with Crippen molar-refractivity contribution in [2.24, 2.45) is 0 Å². The number of hydrogen-bond acceptors (Lipinski definition) is 2. The number of pyridine rings is 1. The van der Waals surface area contributed by atoms with Gasteiger partial charge in [-0.25, -0.2) is 0 Å². The molecule has 0 aliphatic rings. The van der Waals surface area contributed by atoms with E-state index >= 15 is 0 Å². The molecular formula is C19H31NO2. The standard InChI is InChI=1S/C19H31NO2/c21-19(22)15-11-9-7-5-3-1-2-4-6-8-10-13-18-14-12-16-20-17-18/h12,14,16-17H,1-11,13,15H2,(H,21,22). The summed E-state index contributed by atoms with van der Waals surface area (Å²) in [7, 11) is 0. The van der Waals surface area contributed by atoms with E-state index in [2.05, 4.69) is 11.1 Å². The molecule has 124 valence electrons. The largest absolute Gasteiger partial charge is 0.481 e. The van der Waals surface area contributed by atoms with Crippen LogP contribution in [0, 0.1) is 0 Å². The van der Waals surface area contributed by atoms with Crippen LogP contribution in [0.2, 0.25) is 0 Å². The van der Waals surface area contributed by atoms with E-state index < -0.39 is 5.97 Å². The highest BCUT2D eigenvalue weighted by molar-refractivity contribution is 5.66. The number of aliphatic carboxylic acids is 1. The van der Waals surface area contributed by atoms with Crippen LogP contribution in [0.4, 0.5) is 0 Å². The summed E-state index contributed by atoms with van der Waals surface area (Å²) in [5.74, 6) is -0.663. The summed E-state index contributed by atoms with van der Waals surface area (Å²) in [5, 5.41) is 8.54. The Balaban J connectivity index is 1.76. The minimum absolute atomic E-state index is 0.332. The average molecular weight is 305 g/mol. The molecule has 0 atom stereocenters. The van der Waals surface area contributed by atoms with E-state index in [0.717, 1.165) is 19.3 Å². The second-order valence-electron chi connectivity index (χ2n) is 6.14. The number of unbranched alkanes of at least 4 members (excludes halogenated alkanes) is 10. The van der Waals surface area contributed by atoms with Crippen molar-refractivity contribution in [3.05, 3.63) is 30.1 Å². The fraction of sp³-hybridized carbons (Fsp3) is 0.684. The molecule has 0 spiro atoms. The van der Waals surface area contributed by atoms with Crippen LogP contribution < -0.4 is 0 Å². The van der Waals surface area contributed by atoms with Gasteiger partial charge in [0, 0.05) is 18.8 Å². The predicted molar refractivity (Wildman–Crippen MR) is 91.0 cm³/mol. The molecule has 0 amide bonds. The van der Waals surface area contributed by atoms with Gasteiger partial charge in [-0.3, -0.25) is 9.78 Å². The Morgan fingerprint density at radius 2 is 1.41 bits per heavy atom. The topological polar surface area (TPSA) is 50.2 Å². The lowest BCUT2D eigenvalue weighted by molar-refractivity contribution is -0.137. The molecule has 0 fully saturated rings. The van der Waals surface area contributed by atoms with Gasteiger partial charge in [0.2, 0.25) is 0 Å². The molecule has 0 aliphatic carbocycles. The van der Waals surface area contributed by atoms with E-state index in [1.54, 1.807) is 0 Å². The Bertz CT molecular complexity index is 378. The van der Waals surface area contributed by atoms with Crippen LogP contribution in [0.1, 0.15) is 82.6 Å². The first-order valence-corrected chi connectivity index (χ1v) is 8.90. The van der Waals surface area contributed by atoms with Gasteiger partial charge in [-0.05, 0) is 30.9 Å². The van der Waals surface area contributed by atoms with Crippen LogP contribution in [-0.2, 0) is 11.2 Å². The normalized spacial score (nSPS) is 10.7. The highest BCUT2D eigenvalue weighted by Crippen LogP contribution is 2.13. The van der Waals surface area contributed by atoms with Gasteiger partial charge in [0.1, 0.15) is 0 Å². The van der Waals surface area contributed by atoms with Crippen molar-refractivity contribution in [3.63, 3.8) is 0 Å². The summed E-state index contributed by atoms with van der Waals surface area (Å²) in [6.07, 6.45) is 18.9. The number of aromatic nitrogens is 1. The van der Waals surface area contributed by atoms with Crippen LogP contribution in [-0.4, -0.2) is 16.1 Å². The lowest BCUT2D eigenvalue weighted by Gasteiger charge is -2.03.